The van der Waals surface area contributed by atoms with Crippen molar-refractivity contribution in [2.45, 2.75) is 6.61 Å². The smallest absolute Gasteiger partial charge is 0.350 e. The molecule has 0 bridgehead atoms. The summed E-state index contributed by atoms with van der Waals surface area (Å²) in [6.07, 6.45) is 3.08. The van der Waals surface area contributed by atoms with Crippen molar-refractivity contribution in [3.8, 4) is 11.6 Å². The first-order chi connectivity index (χ1) is 16.5. The number of ether oxygens (including phenoxy) is 2. The lowest BCUT2D eigenvalue weighted by Crippen LogP contribution is -2.32. The molecule has 0 aliphatic rings. The molecule has 0 fully saturated rings. The van der Waals surface area contributed by atoms with Crippen molar-refractivity contribution in [3.63, 3.8) is 0 Å². The van der Waals surface area contributed by atoms with E-state index in [0.29, 0.717) is 22.7 Å². The number of aromatic amines is 2. The van der Waals surface area contributed by atoms with E-state index in [1.54, 1.807) is 37.6 Å². The fourth-order valence-electron chi connectivity index (χ4n) is 3.62. The van der Waals surface area contributed by atoms with E-state index >= 15 is 0 Å². The number of fused-ring (bicyclic) bond motifs is 3. The maximum atomic E-state index is 13.0. The Morgan fingerprint density at radius 1 is 1.09 bits per heavy atom. The van der Waals surface area contributed by atoms with E-state index in [0.717, 1.165) is 25.6 Å². The van der Waals surface area contributed by atoms with Crippen LogP contribution in [-0.2, 0) is 6.61 Å². The molecule has 0 aliphatic heterocycles. The highest BCUT2D eigenvalue weighted by molar-refractivity contribution is 9.10. The molecule has 10 heteroatoms. The minimum Gasteiger partial charge on any atom is -0.496 e. The number of pyridine rings is 1. The number of rotatable bonds is 6. The lowest BCUT2D eigenvalue weighted by molar-refractivity contribution is 0.285. The van der Waals surface area contributed by atoms with Crippen molar-refractivity contribution >= 4 is 44.1 Å². The summed E-state index contributed by atoms with van der Waals surface area (Å²) >= 11 is 3.41. The highest BCUT2D eigenvalue weighted by atomic mass is 79.9. The second-order valence-electron chi connectivity index (χ2n) is 7.38. The molecule has 34 heavy (non-hydrogen) atoms. The normalized spacial score (nSPS) is 11.5. The van der Waals surface area contributed by atoms with Crippen LogP contribution < -0.4 is 20.7 Å². The molecule has 0 atom stereocenters. The first-order valence-electron chi connectivity index (χ1n) is 10.2. The summed E-state index contributed by atoms with van der Waals surface area (Å²) in [6.45, 7) is 0.221. The van der Waals surface area contributed by atoms with Gasteiger partial charge in [0, 0.05) is 33.2 Å². The summed E-state index contributed by atoms with van der Waals surface area (Å²) in [5.41, 5.74) is 1.68. The molecule has 2 aromatic carbocycles. The van der Waals surface area contributed by atoms with Crippen LogP contribution in [0, 0.1) is 0 Å². The van der Waals surface area contributed by atoms with Crippen LogP contribution in [0.4, 0.5) is 0 Å². The van der Waals surface area contributed by atoms with Gasteiger partial charge in [-0.2, -0.15) is 5.10 Å². The van der Waals surface area contributed by atoms with Gasteiger partial charge in [0.05, 0.1) is 18.8 Å². The first-order valence-corrected chi connectivity index (χ1v) is 11.0. The van der Waals surface area contributed by atoms with Gasteiger partial charge in [-0.05, 0) is 48.0 Å². The van der Waals surface area contributed by atoms with E-state index < -0.39 is 11.2 Å². The molecular weight excluding hydrogens is 502 g/mol. The monoisotopic (exact) mass is 519 g/mol. The van der Waals surface area contributed by atoms with Gasteiger partial charge in [0.1, 0.15) is 17.9 Å². The number of aromatic nitrogens is 4. The largest absolute Gasteiger partial charge is 0.496 e. The van der Waals surface area contributed by atoms with E-state index in [4.69, 9.17) is 9.47 Å². The average molecular weight is 520 g/mol. The molecular formula is C24H18BrN5O4. The fraction of sp³-hybridized carbons (Fsp3) is 0.0833. The molecule has 0 saturated heterocycles. The maximum absolute atomic E-state index is 13.0. The quantitative estimate of drug-likeness (QED) is 0.331. The molecule has 0 spiro atoms. The zero-order chi connectivity index (χ0) is 23.7. The molecule has 5 aromatic rings. The van der Waals surface area contributed by atoms with E-state index in [1.165, 1.54) is 6.21 Å². The van der Waals surface area contributed by atoms with Crippen LogP contribution in [0.3, 0.4) is 0 Å². The molecule has 0 aliphatic carbocycles. The maximum Gasteiger partial charge on any atom is 0.350 e. The van der Waals surface area contributed by atoms with E-state index in [1.807, 2.05) is 30.3 Å². The van der Waals surface area contributed by atoms with Gasteiger partial charge in [-0.3, -0.25) is 4.79 Å². The fourth-order valence-corrected chi connectivity index (χ4v) is 3.98. The summed E-state index contributed by atoms with van der Waals surface area (Å²) in [5.74, 6) is 1.12. The van der Waals surface area contributed by atoms with Gasteiger partial charge in [0.15, 0.2) is 0 Å². The number of benzene rings is 2. The highest BCUT2D eigenvalue weighted by Crippen LogP contribution is 2.24. The average Bonchev–Trinajstić information content (AvgIpc) is 3.21. The SMILES string of the molecule is COc1ccc(C=Nn2c(=O)[nH]c3c([nH]c4ccc(Br)cc43)c2=O)cc1COc1ccccn1. The number of halogens is 1. The number of H-pyrrole nitrogens is 2. The lowest BCUT2D eigenvalue weighted by atomic mass is 10.1. The van der Waals surface area contributed by atoms with Crippen LogP contribution in [0.25, 0.3) is 21.9 Å². The van der Waals surface area contributed by atoms with Gasteiger partial charge in [-0.15, -0.1) is 4.68 Å². The van der Waals surface area contributed by atoms with Gasteiger partial charge in [-0.1, -0.05) is 22.0 Å². The van der Waals surface area contributed by atoms with E-state index in [-0.39, 0.29) is 12.1 Å². The molecule has 3 heterocycles. The van der Waals surface area contributed by atoms with E-state index in [2.05, 4.69) is 36.0 Å². The van der Waals surface area contributed by atoms with Crippen LogP contribution in [-0.4, -0.2) is 33.0 Å². The molecule has 170 valence electrons. The zero-order valence-electron chi connectivity index (χ0n) is 17.9. The molecule has 5 rings (SSSR count). The highest BCUT2D eigenvalue weighted by Gasteiger charge is 2.13. The van der Waals surface area contributed by atoms with Crippen LogP contribution in [0.1, 0.15) is 11.1 Å². The predicted molar refractivity (Wildman–Crippen MR) is 133 cm³/mol. The van der Waals surface area contributed by atoms with Gasteiger partial charge in [-0.25, -0.2) is 9.78 Å². The second kappa shape index (κ2) is 8.99. The Bertz CT molecular complexity index is 1650. The van der Waals surface area contributed by atoms with Crippen molar-refractivity contribution in [1.29, 1.82) is 0 Å². The molecule has 0 radical (unpaired) electrons. The number of nitrogens with zero attached hydrogens (tertiary/aromatic N) is 3. The summed E-state index contributed by atoms with van der Waals surface area (Å²) in [4.78, 5) is 35.6. The molecule has 2 N–H and O–H groups in total. The van der Waals surface area contributed by atoms with Crippen LogP contribution in [0.5, 0.6) is 11.6 Å². The predicted octanol–water partition coefficient (Wildman–Crippen LogP) is 3.80. The number of nitrogens with one attached hydrogen (secondary N) is 2. The second-order valence-corrected chi connectivity index (χ2v) is 8.30. The van der Waals surface area contributed by atoms with Gasteiger partial charge < -0.3 is 19.4 Å². The molecule has 0 saturated carbocycles. The number of hydrogen-bond donors (Lipinski definition) is 2. The lowest BCUT2D eigenvalue weighted by Gasteiger charge is -2.10. The van der Waals surface area contributed by atoms with Gasteiger partial charge >= 0.3 is 11.2 Å². The molecule has 3 aromatic heterocycles. The Labute approximate surface area is 200 Å². The third-order valence-corrected chi connectivity index (χ3v) is 5.72. The van der Waals surface area contributed by atoms with Crippen molar-refractivity contribution < 1.29 is 9.47 Å². The van der Waals surface area contributed by atoms with Crippen molar-refractivity contribution in [2.75, 3.05) is 7.11 Å². The summed E-state index contributed by atoms with van der Waals surface area (Å²) in [6, 6.07) is 16.3. The van der Waals surface area contributed by atoms with Crippen LogP contribution in [0.15, 0.2) is 80.0 Å². The summed E-state index contributed by atoms with van der Waals surface area (Å²) in [5, 5.41) is 4.88. The standard InChI is InChI=1S/C24H18BrN5O4/c1-33-19-8-5-14(10-15(19)13-34-20-4-2-3-9-26-20)12-27-30-23(31)22-21(29-24(30)32)17-11-16(25)6-7-18(17)28-22/h2-12,28H,13H2,1H3,(H,29,32). The molecule has 0 amide bonds. The van der Waals surface area contributed by atoms with E-state index in [9.17, 15) is 9.59 Å². The Balaban J connectivity index is 1.49. The van der Waals surface area contributed by atoms with Gasteiger partial charge in [0.25, 0.3) is 0 Å². The Hall–Kier alpha value is -4.18. The zero-order valence-corrected chi connectivity index (χ0v) is 19.5. The van der Waals surface area contributed by atoms with Crippen molar-refractivity contribution in [3.05, 3.63) is 97.2 Å². The summed E-state index contributed by atoms with van der Waals surface area (Å²) in [7, 11) is 1.57. The Morgan fingerprint density at radius 2 is 1.97 bits per heavy atom. The van der Waals surface area contributed by atoms with Crippen molar-refractivity contribution in [2.24, 2.45) is 5.10 Å². The molecule has 9 nitrogen and oxygen atoms in total. The van der Waals surface area contributed by atoms with Crippen LogP contribution in [0.2, 0.25) is 0 Å². The minimum atomic E-state index is -0.637. The summed E-state index contributed by atoms with van der Waals surface area (Å²) < 4.78 is 12.8. The molecule has 0 unspecified atom stereocenters. The number of hydrogen-bond acceptors (Lipinski definition) is 6. The van der Waals surface area contributed by atoms with Gasteiger partial charge in [0.2, 0.25) is 5.88 Å². The first kappa shape index (κ1) is 21.7. The number of methoxy groups -OCH3 is 1. The third-order valence-electron chi connectivity index (χ3n) is 5.23. The topological polar surface area (TPSA) is 114 Å². The Kier molecular flexibility index (Phi) is 5.72. The third kappa shape index (κ3) is 4.11. The minimum absolute atomic E-state index is 0.221. The Morgan fingerprint density at radius 3 is 2.76 bits per heavy atom. The van der Waals surface area contributed by atoms with Crippen LogP contribution >= 0.6 is 15.9 Å². The van der Waals surface area contributed by atoms with Crippen molar-refractivity contribution in [1.82, 2.24) is 19.6 Å².